The van der Waals surface area contributed by atoms with Crippen LogP contribution in [0.25, 0.3) is 0 Å². The van der Waals surface area contributed by atoms with E-state index in [0.717, 1.165) is 29.7 Å². The van der Waals surface area contributed by atoms with Crippen molar-refractivity contribution in [3.8, 4) is 11.5 Å². The first-order valence-corrected chi connectivity index (χ1v) is 10.5. The van der Waals surface area contributed by atoms with E-state index in [0.29, 0.717) is 34.4 Å². The molecule has 1 aliphatic rings. The molecule has 3 aromatic rings. The van der Waals surface area contributed by atoms with Gasteiger partial charge < -0.3 is 24.5 Å². The van der Waals surface area contributed by atoms with Crippen molar-refractivity contribution in [1.29, 1.82) is 0 Å². The zero-order valence-corrected chi connectivity index (χ0v) is 17.3. The summed E-state index contributed by atoms with van der Waals surface area (Å²) in [5, 5.41) is 6.30. The summed E-state index contributed by atoms with van der Waals surface area (Å²) in [6.07, 6.45) is 4.36. The third kappa shape index (κ3) is 4.49. The summed E-state index contributed by atoms with van der Waals surface area (Å²) in [5.74, 6) is 1.43. The molecule has 0 saturated carbocycles. The molecule has 1 aromatic carbocycles. The summed E-state index contributed by atoms with van der Waals surface area (Å²) in [6.45, 7) is 0.146. The number of furan rings is 1. The molecule has 0 atom stereocenters. The molecule has 2 heterocycles. The van der Waals surface area contributed by atoms with Gasteiger partial charge in [0.2, 0.25) is 0 Å². The van der Waals surface area contributed by atoms with Gasteiger partial charge in [-0.25, -0.2) is 0 Å². The lowest BCUT2D eigenvalue weighted by atomic mass is 10.1. The number of methoxy groups -OCH3 is 1. The van der Waals surface area contributed by atoms with Gasteiger partial charge in [0.1, 0.15) is 22.3 Å². The zero-order chi connectivity index (χ0) is 20.9. The zero-order valence-electron chi connectivity index (χ0n) is 16.5. The van der Waals surface area contributed by atoms with E-state index in [2.05, 4.69) is 10.6 Å². The van der Waals surface area contributed by atoms with Gasteiger partial charge in [-0.3, -0.25) is 9.59 Å². The number of carbonyl (C=O) groups excluding carboxylic acids is 2. The summed E-state index contributed by atoms with van der Waals surface area (Å²) in [6, 6.07) is 10.6. The van der Waals surface area contributed by atoms with Crippen molar-refractivity contribution in [3.63, 3.8) is 0 Å². The second-order valence-electron chi connectivity index (χ2n) is 6.84. The number of anilines is 1. The SMILES string of the molecule is COc1ccc(OCC(=O)Nc2sc3c(c2C(=O)NCc2ccco2)CCC3)cc1. The van der Waals surface area contributed by atoms with Crippen LogP contribution in [0.2, 0.25) is 0 Å². The van der Waals surface area contributed by atoms with E-state index in [1.54, 1.807) is 49.8 Å². The number of thiophene rings is 1. The van der Waals surface area contributed by atoms with E-state index in [1.807, 2.05) is 0 Å². The molecule has 1 aliphatic carbocycles. The van der Waals surface area contributed by atoms with Crippen LogP contribution in [0.1, 0.15) is 33.0 Å². The third-order valence-electron chi connectivity index (χ3n) is 4.83. The lowest BCUT2D eigenvalue weighted by Crippen LogP contribution is -2.26. The summed E-state index contributed by atoms with van der Waals surface area (Å²) >= 11 is 1.47. The monoisotopic (exact) mass is 426 g/mol. The minimum Gasteiger partial charge on any atom is -0.497 e. The van der Waals surface area contributed by atoms with Crippen molar-refractivity contribution >= 4 is 28.2 Å². The Morgan fingerprint density at radius 2 is 1.93 bits per heavy atom. The van der Waals surface area contributed by atoms with Crippen LogP contribution in [0.4, 0.5) is 5.00 Å². The lowest BCUT2D eigenvalue weighted by molar-refractivity contribution is -0.118. The molecule has 2 amide bonds. The maximum Gasteiger partial charge on any atom is 0.262 e. The van der Waals surface area contributed by atoms with Crippen molar-refractivity contribution in [3.05, 3.63) is 64.4 Å². The molecule has 0 unspecified atom stereocenters. The topological polar surface area (TPSA) is 89.8 Å². The number of fused-ring (bicyclic) bond motifs is 1. The first kappa shape index (κ1) is 20.0. The van der Waals surface area contributed by atoms with E-state index in [9.17, 15) is 9.59 Å². The Kier molecular flexibility index (Phi) is 6.04. The molecule has 0 radical (unpaired) electrons. The van der Waals surface area contributed by atoms with Gasteiger partial charge in [-0.15, -0.1) is 11.3 Å². The molecule has 0 spiro atoms. The number of rotatable bonds is 8. The smallest absolute Gasteiger partial charge is 0.262 e. The molecule has 0 fully saturated rings. The fourth-order valence-corrected chi connectivity index (χ4v) is 4.69. The quantitative estimate of drug-likeness (QED) is 0.572. The number of hydrogen-bond acceptors (Lipinski definition) is 6. The largest absolute Gasteiger partial charge is 0.497 e. The van der Waals surface area contributed by atoms with Gasteiger partial charge >= 0.3 is 0 Å². The molecule has 0 saturated heterocycles. The van der Waals surface area contributed by atoms with E-state index >= 15 is 0 Å². The third-order valence-corrected chi connectivity index (χ3v) is 6.04. The Balaban J connectivity index is 1.41. The van der Waals surface area contributed by atoms with E-state index < -0.39 is 0 Å². The fraction of sp³-hybridized carbons (Fsp3) is 0.273. The maximum atomic E-state index is 12.9. The molecule has 156 valence electrons. The van der Waals surface area contributed by atoms with Gasteiger partial charge in [0, 0.05) is 4.88 Å². The molecule has 2 aromatic heterocycles. The van der Waals surface area contributed by atoms with Crippen molar-refractivity contribution in [2.24, 2.45) is 0 Å². The Morgan fingerprint density at radius 1 is 1.13 bits per heavy atom. The molecule has 0 aliphatic heterocycles. The van der Waals surface area contributed by atoms with E-state index in [4.69, 9.17) is 13.9 Å². The molecule has 2 N–H and O–H groups in total. The van der Waals surface area contributed by atoms with Crippen LogP contribution >= 0.6 is 11.3 Å². The van der Waals surface area contributed by atoms with Crippen LogP contribution in [0.3, 0.4) is 0 Å². The van der Waals surface area contributed by atoms with Gasteiger partial charge in [0.25, 0.3) is 11.8 Å². The molecule has 7 nitrogen and oxygen atoms in total. The standard InChI is InChI=1S/C22H22N2O5S/c1-27-14-7-9-15(10-8-14)29-13-19(25)24-22-20(17-5-2-6-18(17)30-22)21(26)23-12-16-4-3-11-28-16/h3-4,7-11H,2,5-6,12-13H2,1H3,(H,23,26)(H,24,25). The van der Waals surface area contributed by atoms with Gasteiger partial charge in [0.05, 0.1) is 25.5 Å². The van der Waals surface area contributed by atoms with Crippen molar-refractivity contribution in [1.82, 2.24) is 5.32 Å². The Hall–Kier alpha value is -3.26. The number of ether oxygens (including phenoxy) is 2. The predicted molar refractivity (Wildman–Crippen MR) is 113 cm³/mol. The van der Waals surface area contributed by atoms with Crippen LogP contribution in [-0.4, -0.2) is 25.5 Å². The fourth-order valence-electron chi connectivity index (χ4n) is 3.39. The molecule has 0 bridgehead atoms. The minimum absolute atomic E-state index is 0.150. The first-order valence-electron chi connectivity index (χ1n) is 9.66. The van der Waals surface area contributed by atoms with Gasteiger partial charge in [-0.2, -0.15) is 0 Å². The normalized spacial score (nSPS) is 12.3. The van der Waals surface area contributed by atoms with Gasteiger partial charge in [-0.05, 0) is 61.2 Å². The van der Waals surface area contributed by atoms with E-state index in [1.165, 1.54) is 11.3 Å². The van der Waals surface area contributed by atoms with Crippen molar-refractivity contribution in [2.45, 2.75) is 25.8 Å². The molecule has 30 heavy (non-hydrogen) atoms. The van der Waals surface area contributed by atoms with Crippen LogP contribution in [0.15, 0.2) is 47.1 Å². The van der Waals surface area contributed by atoms with Gasteiger partial charge in [-0.1, -0.05) is 0 Å². The maximum absolute atomic E-state index is 12.9. The lowest BCUT2D eigenvalue weighted by Gasteiger charge is -2.10. The summed E-state index contributed by atoms with van der Waals surface area (Å²) in [4.78, 5) is 26.5. The molecule has 8 heteroatoms. The highest BCUT2D eigenvalue weighted by Gasteiger charge is 2.27. The van der Waals surface area contributed by atoms with Crippen LogP contribution < -0.4 is 20.1 Å². The van der Waals surface area contributed by atoms with Crippen LogP contribution in [0.5, 0.6) is 11.5 Å². The van der Waals surface area contributed by atoms with Crippen LogP contribution in [0, 0.1) is 0 Å². The highest BCUT2D eigenvalue weighted by Crippen LogP contribution is 2.39. The van der Waals surface area contributed by atoms with Crippen molar-refractivity contribution in [2.75, 3.05) is 19.0 Å². The number of benzene rings is 1. The van der Waals surface area contributed by atoms with Crippen LogP contribution in [-0.2, 0) is 24.2 Å². The minimum atomic E-state index is -0.314. The average molecular weight is 426 g/mol. The number of hydrogen-bond donors (Lipinski definition) is 2. The van der Waals surface area contributed by atoms with Crippen molar-refractivity contribution < 1.29 is 23.5 Å². The number of amides is 2. The Morgan fingerprint density at radius 3 is 2.67 bits per heavy atom. The highest BCUT2D eigenvalue weighted by molar-refractivity contribution is 7.17. The summed E-state index contributed by atoms with van der Waals surface area (Å²) < 4.78 is 15.9. The number of nitrogens with one attached hydrogen (secondary N) is 2. The average Bonchev–Trinajstić information content (AvgIpc) is 3.49. The second-order valence-corrected chi connectivity index (χ2v) is 7.94. The number of carbonyl (C=O) groups is 2. The first-order chi connectivity index (χ1) is 14.6. The molecule has 4 rings (SSSR count). The summed E-state index contributed by atoms with van der Waals surface area (Å²) in [7, 11) is 1.59. The predicted octanol–water partition coefficient (Wildman–Crippen LogP) is 3.79. The highest BCUT2D eigenvalue weighted by atomic mass is 32.1. The number of aryl methyl sites for hydroxylation is 1. The molecular formula is C22H22N2O5S. The van der Waals surface area contributed by atoms with E-state index in [-0.39, 0.29) is 18.4 Å². The Labute approximate surface area is 178 Å². The Bertz CT molecular complexity index is 1020. The summed E-state index contributed by atoms with van der Waals surface area (Å²) in [5.41, 5.74) is 1.58. The molecular weight excluding hydrogens is 404 g/mol. The second kappa shape index (κ2) is 9.04. The van der Waals surface area contributed by atoms with Gasteiger partial charge in [0.15, 0.2) is 6.61 Å².